The van der Waals surface area contributed by atoms with E-state index in [0.29, 0.717) is 6.61 Å². The van der Waals surface area contributed by atoms with Crippen LogP contribution in [0.2, 0.25) is 0 Å². The average Bonchev–Trinajstić information content (AvgIpc) is 2.13. The molecular weight excluding hydrogens is 200 g/mol. The predicted octanol–water partition coefficient (Wildman–Crippen LogP) is 3.15. The van der Waals surface area contributed by atoms with E-state index in [4.69, 9.17) is 4.74 Å². The second-order valence-electron chi connectivity index (χ2n) is 5.30. The smallest absolute Gasteiger partial charge is 0.103 e. The summed E-state index contributed by atoms with van der Waals surface area (Å²) in [6.45, 7) is 10.4. The van der Waals surface area contributed by atoms with Gasteiger partial charge < -0.3 is 9.84 Å². The quantitative estimate of drug-likeness (QED) is 0.851. The van der Waals surface area contributed by atoms with Gasteiger partial charge in [-0.2, -0.15) is 0 Å². The molecule has 90 valence electrons. The minimum atomic E-state index is -0.542. The monoisotopic (exact) mass is 222 g/mol. The SMILES string of the molecule is Cc1ccc(C(O)COC(C)(C)C)c(C)c1. The lowest BCUT2D eigenvalue weighted by Gasteiger charge is -2.23. The van der Waals surface area contributed by atoms with Gasteiger partial charge in [-0.25, -0.2) is 0 Å². The molecule has 16 heavy (non-hydrogen) atoms. The van der Waals surface area contributed by atoms with Gasteiger partial charge in [-0.05, 0) is 45.7 Å². The Morgan fingerprint density at radius 3 is 2.38 bits per heavy atom. The molecule has 0 saturated carbocycles. The topological polar surface area (TPSA) is 29.5 Å². The van der Waals surface area contributed by atoms with E-state index >= 15 is 0 Å². The minimum Gasteiger partial charge on any atom is -0.386 e. The summed E-state index contributed by atoms with van der Waals surface area (Å²) in [7, 11) is 0. The standard InChI is InChI=1S/C14H22O2/c1-10-6-7-12(11(2)8-10)13(15)9-16-14(3,4)5/h6-8,13,15H,9H2,1-5H3. The Kier molecular flexibility index (Phi) is 4.11. The second-order valence-corrected chi connectivity index (χ2v) is 5.30. The molecule has 2 nitrogen and oxygen atoms in total. The number of hydrogen-bond acceptors (Lipinski definition) is 2. The fourth-order valence-electron chi connectivity index (χ4n) is 1.62. The molecule has 0 aromatic heterocycles. The molecule has 0 aliphatic heterocycles. The van der Waals surface area contributed by atoms with Crippen LogP contribution < -0.4 is 0 Å². The normalized spacial score (nSPS) is 13.9. The number of aliphatic hydroxyl groups excluding tert-OH is 1. The molecule has 0 spiro atoms. The summed E-state index contributed by atoms with van der Waals surface area (Å²) < 4.78 is 5.58. The highest BCUT2D eigenvalue weighted by Gasteiger charge is 2.16. The molecular formula is C14H22O2. The van der Waals surface area contributed by atoms with Crippen molar-refractivity contribution in [3.63, 3.8) is 0 Å². The Balaban J connectivity index is 2.70. The van der Waals surface area contributed by atoms with Crippen LogP contribution in [0.1, 0.15) is 43.6 Å². The maximum Gasteiger partial charge on any atom is 0.103 e. The number of aliphatic hydroxyl groups is 1. The van der Waals surface area contributed by atoms with Gasteiger partial charge in [0.15, 0.2) is 0 Å². The molecule has 0 aliphatic carbocycles. The molecule has 0 saturated heterocycles. The zero-order valence-electron chi connectivity index (χ0n) is 10.9. The summed E-state index contributed by atoms with van der Waals surface area (Å²) >= 11 is 0. The van der Waals surface area contributed by atoms with Crippen LogP contribution in [0.4, 0.5) is 0 Å². The Morgan fingerprint density at radius 1 is 1.25 bits per heavy atom. The van der Waals surface area contributed by atoms with Gasteiger partial charge in [-0.1, -0.05) is 23.8 Å². The first-order valence-corrected chi connectivity index (χ1v) is 5.69. The van der Waals surface area contributed by atoms with Crippen molar-refractivity contribution in [2.45, 2.75) is 46.3 Å². The van der Waals surface area contributed by atoms with E-state index in [9.17, 15) is 5.11 Å². The van der Waals surface area contributed by atoms with Crippen molar-refractivity contribution in [2.75, 3.05) is 6.61 Å². The zero-order valence-corrected chi connectivity index (χ0v) is 10.9. The average molecular weight is 222 g/mol. The van der Waals surface area contributed by atoms with Crippen LogP contribution in [0.15, 0.2) is 18.2 Å². The highest BCUT2D eigenvalue weighted by Crippen LogP contribution is 2.21. The number of benzene rings is 1. The Bertz CT molecular complexity index is 350. The van der Waals surface area contributed by atoms with Gasteiger partial charge in [0.1, 0.15) is 6.10 Å². The van der Waals surface area contributed by atoms with Crippen molar-refractivity contribution in [3.05, 3.63) is 34.9 Å². The maximum absolute atomic E-state index is 10.0. The van der Waals surface area contributed by atoms with Gasteiger partial charge in [0.05, 0.1) is 12.2 Å². The molecule has 0 fully saturated rings. The highest BCUT2D eigenvalue weighted by atomic mass is 16.5. The van der Waals surface area contributed by atoms with Gasteiger partial charge in [0, 0.05) is 0 Å². The molecule has 0 amide bonds. The van der Waals surface area contributed by atoms with Gasteiger partial charge in [-0.15, -0.1) is 0 Å². The number of rotatable bonds is 3. The molecule has 0 bridgehead atoms. The third-order valence-corrected chi connectivity index (χ3v) is 2.46. The zero-order chi connectivity index (χ0) is 12.3. The first kappa shape index (κ1) is 13.2. The van der Waals surface area contributed by atoms with E-state index in [2.05, 4.69) is 13.0 Å². The van der Waals surface area contributed by atoms with Crippen LogP contribution in [0.25, 0.3) is 0 Å². The van der Waals surface area contributed by atoms with Crippen LogP contribution in [0.3, 0.4) is 0 Å². The van der Waals surface area contributed by atoms with Gasteiger partial charge in [0.2, 0.25) is 0 Å². The van der Waals surface area contributed by atoms with Crippen molar-refractivity contribution >= 4 is 0 Å². The third-order valence-electron chi connectivity index (χ3n) is 2.46. The summed E-state index contributed by atoms with van der Waals surface area (Å²) in [5, 5.41) is 10.0. The second kappa shape index (κ2) is 4.98. The van der Waals surface area contributed by atoms with Crippen LogP contribution in [0.5, 0.6) is 0 Å². The first-order chi connectivity index (χ1) is 7.29. The van der Waals surface area contributed by atoms with Crippen molar-refractivity contribution < 1.29 is 9.84 Å². The summed E-state index contributed by atoms with van der Waals surface area (Å²) in [4.78, 5) is 0. The molecule has 2 heteroatoms. The van der Waals surface area contributed by atoms with E-state index in [0.717, 1.165) is 11.1 Å². The van der Waals surface area contributed by atoms with Crippen molar-refractivity contribution in [1.82, 2.24) is 0 Å². The van der Waals surface area contributed by atoms with Crippen molar-refractivity contribution in [1.29, 1.82) is 0 Å². The van der Waals surface area contributed by atoms with Crippen LogP contribution >= 0.6 is 0 Å². The summed E-state index contributed by atoms with van der Waals surface area (Å²) in [6.07, 6.45) is -0.542. The molecule has 0 heterocycles. The lowest BCUT2D eigenvalue weighted by molar-refractivity contribution is -0.0497. The fourth-order valence-corrected chi connectivity index (χ4v) is 1.62. The summed E-state index contributed by atoms with van der Waals surface area (Å²) in [5.41, 5.74) is 3.07. The molecule has 1 aromatic rings. The van der Waals surface area contributed by atoms with E-state index < -0.39 is 6.10 Å². The molecule has 1 N–H and O–H groups in total. The highest BCUT2D eigenvalue weighted by molar-refractivity contribution is 5.31. The van der Waals surface area contributed by atoms with Crippen LogP contribution in [0, 0.1) is 13.8 Å². The maximum atomic E-state index is 10.0. The van der Waals surface area contributed by atoms with E-state index in [1.165, 1.54) is 5.56 Å². The number of aryl methyl sites for hydroxylation is 2. The van der Waals surface area contributed by atoms with E-state index in [1.807, 2.05) is 39.8 Å². The minimum absolute atomic E-state index is 0.209. The lowest BCUT2D eigenvalue weighted by atomic mass is 10.0. The Morgan fingerprint density at radius 2 is 1.88 bits per heavy atom. The van der Waals surface area contributed by atoms with Crippen LogP contribution in [-0.2, 0) is 4.74 Å². The van der Waals surface area contributed by atoms with E-state index in [1.54, 1.807) is 0 Å². The van der Waals surface area contributed by atoms with Gasteiger partial charge in [0.25, 0.3) is 0 Å². The number of hydrogen-bond donors (Lipinski definition) is 1. The van der Waals surface area contributed by atoms with Crippen molar-refractivity contribution in [2.24, 2.45) is 0 Å². The summed E-state index contributed by atoms with van der Waals surface area (Å²) in [6, 6.07) is 6.07. The van der Waals surface area contributed by atoms with Gasteiger partial charge >= 0.3 is 0 Å². The third kappa shape index (κ3) is 3.95. The molecule has 1 atom stereocenters. The Hall–Kier alpha value is -0.860. The molecule has 1 rings (SSSR count). The fraction of sp³-hybridized carbons (Fsp3) is 0.571. The molecule has 0 radical (unpaired) electrons. The first-order valence-electron chi connectivity index (χ1n) is 5.69. The largest absolute Gasteiger partial charge is 0.386 e. The number of ether oxygens (including phenoxy) is 1. The van der Waals surface area contributed by atoms with Crippen molar-refractivity contribution in [3.8, 4) is 0 Å². The van der Waals surface area contributed by atoms with Gasteiger partial charge in [-0.3, -0.25) is 0 Å². The Labute approximate surface area is 98.3 Å². The summed E-state index contributed by atoms with van der Waals surface area (Å²) in [5.74, 6) is 0. The molecule has 1 unspecified atom stereocenters. The predicted molar refractivity (Wildman–Crippen MR) is 66.6 cm³/mol. The van der Waals surface area contributed by atoms with E-state index in [-0.39, 0.29) is 5.60 Å². The van der Waals surface area contributed by atoms with Crippen LogP contribution in [-0.4, -0.2) is 17.3 Å². The molecule has 0 aliphatic rings. The molecule has 1 aromatic carbocycles. The lowest BCUT2D eigenvalue weighted by Crippen LogP contribution is -2.23.